The van der Waals surface area contributed by atoms with Crippen molar-refractivity contribution in [2.75, 3.05) is 13.3 Å². The summed E-state index contributed by atoms with van der Waals surface area (Å²) in [6, 6.07) is 15.3. The average Bonchev–Trinajstić information content (AvgIpc) is 2.95. The zero-order chi connectivity index (χ0) is 17.1. The van der Waals surface area contributed by atoms with Crippen molar-refractivity contribution in [3.05, 3.63) is 64.7 Å². The monoisotopic (exact) mass is 358 g/mol. The van der Waals surface area contributed by atoms with Crippen LogP contribution in [0.1, 0.15) is 20.9 Å². The van der Waals surface area contributed by atoms with Crippen molar-refractivity contribution in [1.29, 1.82) is 0 Å². The molecule has 3 rings (SSSR count). The molecular weight excluding hydrogens is 340 g/mol. The van der Waals surface area contributed by atoms with Crippen molar-refractivity contribution < 1.29 is 9.00 Å². The maximum absolute atomic E-state index is 12.6. The van der Waals surface area contributed by atoms with Crippen LogP contribution in [-0.4, -0.2) is 33.3 Å². The highest BCUT2D eigenvalue weighted by Crippen LogP contribution is 2.22. The Balaban J connectivity index is 1.75. The molecule has 0 aliphatic heterocycles. The van der Waals surface area contributed by atoms with Crippen molar-refractivity contribution in [3.63, 3.8) is 0 Å². The van der Waals surface area contributed by atoms with E-state index in [1.165, 1.54) is 0 Å². The minimum absolute atomic E-state index is 0.0574. The van der Waals surface area contributed by atoms with Gasteiger partial charge in [0.15, 0.2) is 0 Å². The van der Waals surface area contributed by atoms with Crippen molar-refractivity contribution in [2.45, 2.75) is 12.3 Å². The van der Waals surface area contributed by atoms with Crippen LogP contribution in [0.3, 0.4) is 0 Å². The molecule has 1 atom stereocenters. The number of carbonyl (C=O) groups excluding carboxylic acids is 1. The third-order valence-corrected chi connectivity index (χ3v) is 5.36. The van der Waals surface area contributed by atoms with Gasteiger partial charge >= 0.3 is 0 Å². The van der Waals surface area contributed by atoms with Crippen molar-refractivity contribution in [3.8, 4) is 0 Å². The average molecular weight is 358 g/mol. The number of carbonyl (C=O) groups is 1. The maximum Gasteiger partial charge on any atom is 0.253 e. The summed E-state index contributed by atoms with van der Waals surface area (Å²) in [4.78, 5) is 18.9. The second kappa shape index (κ2) is 7.23. The zero-order valence-corrected chi connectivity index (χ0v) is 15.2. The summed E-state index contributed by atoms with van der Waals surface area (Å²) in [5.74, 6) is 0.404. The first-order valence-electron chi connectivity index (χ1n) is 7.52. The molecule has 0 saturated heterocycles. The second-order valence-electron chi connectivity index (χ2n) is 5.65. The maximum atomic E-state index is 12.6. The highest BCUT2D eigenvalue weighted by molar-refractivity contribution is 7.83. The lowest BCUT2D eigenvalue weighted by Gasteiger charge is -2.16. The van der Waals surface area contributed by atoms with Crippen LogP contribution >= 0.6 is 11.3 Å². The fourth-order valence-corrected chi connectivity index (χ4v) is 4.18. The quantitative estimate of drug-likeness (QED) is 0.702. The zero-order valence-electron chi connectivity index (χ0n) is 13.6. The predicted molar refractivity (Wildman–Crippen MR) is 99.6 cm³/mol. The lowest BCUT2D eigenvalue weighted by molar-refractivity contribution is 0.0785. The van der Waals surface area contributed by atoms with Crippen LogP contribution in [0, 0.1) is 0 Å². The van der Waals surface area contributed by atoms with Gasteiger partial charge < -0.3 is 4.90 Å². The van der Waals surface area contributed by atoms with Gasteiger partial charge in [-0.2, -0.15) is 0 Å². The fourth-order valence-electron chi connectivity index (χ4n) is 2.51. The van der Waals surface area contributed by atoms with Crippen LogP contribution < -0.4 is 0 Å². The molecule has 0 N–H and O–H groups in total. The first-order chi connectivity index (χ1) is 11.5. The highest BCUT2D eigenvalue weighted by Gasteiger charge is 2.14. The third-order valence-electron chi connectivity index (χ3n) is 3.60. The number of nitrogens with zero attached hydrogens (tertiary/aromatic N) is 2. The van der Waals surface area contributed by atoms with Crippen molar-refractivity contribution >= 4 is 38.3 Å². The number of thiazole rings is 1. The molecule has 3 aromatic rings. The molecule has 1 heterocycles. The van der Waals surface area contributed by atoms with Gasteiger partial charge in [0.2, 0.25) is 0 Å². The molecule has 0 spiro atoms. The molecule has 24 heavy (non-hydrogen) atoms. The van der Waals surface area contributed by atoms with Crippen LogP contribution in [0.25, 0.3) is 10.2 Å². The molecule has 1 aromatic heterocycles. The number of aromatic nitrogens is 1. The van der Waals surface area contributed by atoms with Gasteiger partial charge in [-0.15, -0.1) is 11.3 Å². The van der Waals surface area contributed by atoms with Crippen LogP contribution in [0.4, 0.5) is 0 Å². The Kier molecular flexibility index (Phi) is 5.06. The second-order valence-corrected chi connectivity index (χ2v) is 8.20. The van der Waals surface area contributed by atoms with Gasteiger partial charge in [0.25, 0.3) is 5.91 Å². The van der Waals surface area contributed by atoms with Crippen molar-refractivity contribution in [1.82, 2.24) is 9.88 Å². The Morgan fingerprint density at radius 1 is 1.21 bits per heavy atom. The van der Waals surface area contributed by atoms with Crippen molar-refractivity contribution in [2.24, 2.45) is 0 Å². The van der Waals surface area contributed by atoms with E-state index in [2.05, 4.69) is 4.98 Å². The normalized spacial score (nSPS) is 12.2. The SMILES string of the molecule is CN(Cc1nc2ccccc2s1)C(=O)c1cccc(CS(C)=O)c1. The molecule has 0 aliphatic carbocycles. The minimum Gasteiger partial charge on any atom is -0.335 e. The summed E-state index contributed by atoms with van der Waals surface area (Å²) in [6.07, 6.45) is 1.66. The number of hydrogen-bond acceptors (Lipinski definition) is 4. The number of para-hydroxylation sites is 1. The minimum atomic E-state index is -0.923. The van der Waals surface area contributed by atoms with Gasteiger partial charge in [0.05, 0.1) is 16.8 Å². The Labute approximate surface area is 147 Å². The summed E-state index contributed by atoms with van der Waals surface area (Å²) in [5.41, 5.74) is 2.49. The van der Waals surface area contributed by atoms with E-state index in [0.717, 1.165) is 20.8 Å². The topological polar surface area (TPSA) is 50.3 Å². The molecule has 0 bridgehead atoms. The third kappa shape index (κ3) is 3.88. The predicted octanol–water partition coefficient (Wildman–Crippen LogP) is 3.45. The number of fused-ring (bicyclic) bond motifs is 1. The van der Waals surface area contributed by atoms with Crippen LogP contribution in [0.5, 0.6) is 0 Å². The van der Waals surface area contributed by atoms with E-state index in [4.69, 9.17) is 0 Å². The summed E-state index contributed by atoms with van der Waals surface area (Å²) >= 11 is 1.60. The van der Waals surface area contributed by atoms with Gasteiger partial charge in [-0.1, -0.05) is 24.3 Å². The van der Waals surface area contributed by atoms with Crippen LogP contribution in [0.15, 0.2) is 48.5 Å². The Morgan fingerprint density at radius 2 is 2.00 bits per heavy atom. The molecular formula is C18H18N2O2S2. The summed E-state index contributed by atoms with van der Waals surface area (Å²) < 4.78 is 12.5. The lowest BCUT2D eigenvalue weighted by atomic mass is 10.1. The molecule has 0 saturated carbocycles. The summed E-state index contributed by atoms with van der Waals surface area (Å²) in [7, 11) is 0.854. The molecule has 6 heteroatoms. The number of rotatable bonds is 5. The molecule has 1 amide bonds. The van der Waals surface area contributed by atoms with E-state index in [9.17, 15) is 9.00 Å². The van der Waals surface area contributed by atoms with Gasteiger partial charge in [-0.3, -0.25) is 9.00 Å². The molecule has 124 valence electrons. The van der Waals surface area contributed by atoms with Gasteiger partial charge in [-0.05, 0) is 29.8 Å². The first-order valence-corrected chi connectivity index (χ1v) is 10.1. The van der Waals surface area contributed by atoms with Gasteiger partial charge in [-0.25, -0.2) is 4.98 Å². The van der Waals surface area contributed by atoms with Gasteiger partial charge in [0.1, 0.15) is 5.01 Å². The first kappa shape index (κ1) is 16.8. The Morgan fingerprint density at radius 3 is 2.75 bits per heavy atom. The fraction of sp³-hybridized carbons (Fsp3) is 0.222. The van der Waals surface area contributed by atoms with Crippen LogP contribution in [0.2, 0.25) is 0 Å². The molecule has 0 aliphatic rings. The van der Waals surface area contributed by atoms with E-state index in [1.807, 2.05) is 42.5 Å². The molecule has 4 nitrogen and oxygen atoms in total. The Bertz CT molecular complexity index is 872. The van der Waals surface area contributed by atoms with Crippen LogP contribution in [-0.2, 0) is 23.1 Å². The molecule has 0 radical (unpaired) electrons. The standard InChI is InChI=1S/C18H18N2O2S2/c1-20(11-17-19-15-8-3-4-9-16(15)23-17)18(21)14-7-5-6-13(10-14)12-24(2)22/h3-10H,11-12H2,1-2H3. The highest BCUT2D eigenvalue weighted by atomic mass is 32.2. The largest absolute Gasteiger partial charge is 0.335 e. The van der Waals surface area contributed by atoms with E-state index < -0.39 is 10.8 Å². The summed E-state index contributed by atoms with van der Waals surface area (Å²) in [5, 5.41) is 0.915. The Hall–Kier alpha value is -2.05. The number of benzene rings is 2. The van der Waals surface area contributed by atoms with E-state index in [-0.39, 0.29) is 5.91 Å². The number of amides is 1. The smallest absolute Gasteiger partial charge is 0.253 e. The van der Waals surface area contributed by atoms with Gasteiger partial charge in [0, 0.05) is 35.4 Å². The summed E-state index contributed by atoms with van der Waals surface area (Å²) in [6.45, 7) is 0.474. The number of hydrogen-bond donors (Lipinski definition) is 0. The van der Waals surface area contributed by atoms with E-state index in [0.29, 0.717) is 17.9 Å². The molecule has 2 aromatic carbocycles. The molecule has 1 unspecified atom stereocenters. The van der Waals surface area contributed by atoms with E-state index >= 15 is 0 Å². The van der Waals surface area contributed by atoms with E-state index in [1.54, 1.807) is 35.6 Å². The molecule has 0 fully saturated rings. The lowest BCUT2D eigenvalue weighted by Crippen LogP contribution is -2.26.